The maximum atomic E-state index is 12.3. The molecule has 18 heavy (non-hydrogen) atoms. The third kappa shape index (κ3) is 3.45. The zero-order valence-corrected chi connectivity index (χ0v) is 11.8. The number of morpholine rings is 1. The van der Waals surface area contributed by atoms with Gasteiger partial charge in [0, 0.05) is 19.0 Å². The number of hydrogen-bond acceptors (Lipinski definition) is 3. The van der Waals surface area contributed by atoms with Crippen molar-refractivity contribution in [3.8, 4) is 0 Å². The van der Waals surface area contributed by atoms with Gasteiger partial charge in [-0.15, -0.1) is 0 Å². The summed E-state index contributed by atoms with van der Waals surface area (Å²) in [5.41, 5.74) is -0.375. The Hall–Kier alpha value is -1.10. The van der Waals surface area contributed by atoms with Gasteiger partial charge in [0.1, 0.15) is 0 Å². The second kappa shape index (κ2) is 5.26. The minimum absolute atomic E-state index is 0.0231. The zero-order chi connectivity index (χ0) is 14.1. The van der Waals surface area contributed by atoms with E-state index >= 15 is 0 Å². The molecule has 1 saturated heterocycles. The van der Waals surface area contributed by atoms with Crippen LogP contribution in [0, 0.1) is 11.8 Å². The van der Waals surface area contributed by atoms with E-state index in [1.807, 2.05) is 20.8 Å². The lowest BCUT2D eigenvalue weighted by molar-refractivity contribution is -0.164. The van der Waals surface area contributed by atoms with Gasteiger partial charge in [-0.25, -0.2) is 0 Å². The lowest BCUT2D eigenvalue weighted by atomic mass is 9.93. The van der Waals surface area contributed by atoms with Crippen molar-refractivity contribution in [3.05, 3.63) is 0 Å². The second-order valence-corrected chi connectivity index (χ2v) is 5.82. The molecule has 3 atom stereocenters. The van der Waals surface area contributed by atoms with Crippen molar-refractivity contribution in [1.82, 2.24) is 4.90 Å². The van der Waals surface area contributed by atoms with E-state index in [2.05, 4.69) is 0 Å². The van der Waals surface area contributed by atoms with Crippen molar-refractivity contribution in [1.29, 1.82) is 0 Å². The zero-order valence-electron chi connectivity index (χ0n) is 11.8. The molecule has 3 unspecified atom stereocenters. The molecule has 1 amide bonds. The van der Waals surface area contributed by atoms with E-state index < -0.39 is 17.8 Å². The van der Waals surface area contributed by atoms with E-state index in [4.69, 9.17) is 9.84 Å². The van der Waals surface area contributed by atoms with Gasteiger partial charge in [-0.05, 0) is 20.8 Å². The monoisotopic (exact) mass is 257 g/mol. The fourth-order valence-corrected chi connectivity index (χ4v) is 2.34. The van der Waals surface area contributed by atoms with Gasteiger partial charge in [-0.3, -0.25) is 9.59 Å². The van der Waals surface area contributed by atoms with Crippen molar-refractivity contribution < 1.29 is 19.4 Å². The summed E-state index contributed by atoms with van der Waals surface area (Å²) in [6, 6.07) is 0. The molecule has 0 aromatic heterocycles. The summed E-state index contributed by atoms with van der Waals surface area (Å²) >= 11 is 0. The number of nitrogens with zero attached hydrogens (tertiary/aromatic N) is 1. The van der Waals surface area contributed by atoms with Gasteiger partial charge < -0.3 is 14.7 Å². The van der Waals surface area contributed by atoms with Crippen molar-refractivity contribution in [3.63, 3.8) is 0 Å². The van der Waals surface area contributed by atoms with E-state index in [9.17, 15) is 9.59 Å². The van der Waals surface area contributed by atoms with Crippen molar-refractivity contribution >= 4 is 11.9 Å². The van der Waals surface area contributed by atoms with Crippen LogP contribution in [0.4, 0.5) is 0 Å². The molecule has 1 fully saturated rings. The van der Waals surface area contributed by atoms with Crippen LogP contribution >= 0.6 is 0 Å². The topological polar surface area (TPSA) is 66.8 Å². The molecule has 104 valence electrons. The number of carboxylic acids is 1. The lowest BCUT2D eigenvalue weighted by Gasteiger charge is -2.42. The summed E-state index contributed by atoms with van der Waals surface area (Å²) in [7, 11) is 0. The normalized spacial score (nSPS) is 26.5. The maximum Gasteiger partial charge on any atom is 0.307 e. The van der Waals surface area contributed by atoms with Crippen molar-refractivity contribution in [2.75, 3.05) is 13.1 Å². The summed E-state index contributed by atoms with van der Waals surface area (Å²) < 4.78 is 5.73. The summed E-state index contributed by atoms with van der Waals surface area (Å²) in [6.07, 6.45) is -0.0231. The molecular formula is C13H23NO4. The van der Waals surface area contributed by atoms with Gasteiger partial charge in [-0.2, -0.15) is 0 Å². The third-order valence-corrected chi connectivity index (χ3v) is 3.41. The molecule has 0 aliphatic carbocycles. The fraction of sp³-hybridized carbons (Fsp3) is 0.846. The summed E-state index contributed by atoms with van der Waals surface area (Å²) in [4.78, 5) is 24.9. The highest BCUT2D eigenvalue weighted by atomic mass is 16.5. The molecule has 0 spiro atoms. The molecule has 1 heterocycles. The van der Waals surface area contributed by atoms with Crippen LogP contribution in [-0.2, 0) is 14.3 Å². The molecule has 1 N–H and O–H groups in total. The molecular weight excluding hydrogens is 234 g/mol. The Morgan fingerprint density at radius 3 is 2.33 bits per heavy atom. The molecule has 5 nitrogen and oxygen atoms in total. The predicted octanol–water partition coefficient (Wildman–Crippen LogP) is 1.37. The minimum atomic E-state index is -0.934. The number of aliphatic carboxylic acids is 1. The van der Waals surface area contributed by atoms with E-state index in [-0.39, 0.29) is 17.6 Å². The van der Waals surface area contributed by atoms with Crippen molar-refractivity contribution in [2.45, 2.75) is 46.3 Å². The average Bonchev–Trinajstić information content (AvgIpc) is 2.23. The van der Waals surface area contributed by atoms with Crippen molar-refractivity contribution in [2.24, 2.45) is 11.8 Å². The van der Waals surface area contributed by atoms with Crippen LogP contribution in [0.2, 0.25) is 0 Å². The average molecular weight is 257 g/mol. The Morgan fingerprint density at radius 1 is 1.33 bits per heavy atom. The van der Waals surface area contributed by atoms with Gasteiger partial charge in [0.05, 0.1) is 17.6 Å². The Labute approximate surface area is 108 Å². The second-order valence-electron chi connectivity index (χ2n) is 5.82. The standard InChI is InChI=1S/C13H23NO4/c1-8-6-14(7-13(4,5)18-8)11(15)9(2)10(3)12(16)17/h8-10H,6-7H2,1-5H3,(H,16,17). The third-order valence-electron chi connectivity index (χ3n) is 3.41. The van der Waals surface area contributed by atoms with Crippen LogP contribution in [0.5, 0.6) is 0 Å². The number of ether oxygens (including phenoxy) is 1. The first-order valence-corrected chi connectivity index (χ1v) is 6.33. The quantitative estimate of drug-likeness (QED) is 0.829. The molecule has 1 rings (SSSR count). The Balaban J connectivity index is 2.74. The molecule has 0 radical (unpaired) electrons. The Bertz CT molecular complexity index is 340. The highest BCUT2D eigenvalue weighted by Gasteiger charge is 2.37. The van der Waals surface area contributed by atoms with Crippen LogP contribution in [0.3, 0.4) is 0 Å². The smallest absolute Gasteiger partial charge is 0.307 e. The first-order valence-electron chi connectivity index (χ1n) is 6.33. The number of carbonyl (C=O) groups excluding carboxylic acids is 1. The number of carboxylic acid groups (broad SMARTS) is 1. The minimum Gasteiger partial charge on any atom is -0.481 e. The lowest BCUT2D eigenvalue weighted by Crippen LogP contribution is -2.55. The molecule has 1 aliphatic heterocycles. The molecule has 0 saturated carbocycles. The van der Waals surface area contributed by atoms with E-state index in [0.717, 1.165) is 0 Å². The number of hydrogen-bond donors (Lipinski definition) is 1. The summed E-state index contributed by atoms with van der Waals surface area (Å²) in [5, 5.41) is 8.96. The Morgan fingerprint density at radius 2 is 1.89 bits per heavy atom. The van der Waals surface area contributed by atoms with Gasteiger partial charge >= 0.3 is 5.97 Å². The van der Waals surface area contributed by atoms with Gasteiger partial charge in [0.15, 0.2) is 0 Å². The maximum absolute atomic E-state index is 12.3. The molecule has 5 heteroatoms. The first kappa shape index (κ1) is 15.0. The molecule has 0 aromatic carbocycles. The Kier molecular flexibility index (Phi) is 4.37. The van der Waals surface area contributed by atoms with E-state index in [1.54, 1.807) is 18.7 Å². The summed E-state index contributed by atoms with van der Waals surface area (Å²) in [5.74, 6) is -2.22. The SMILES string of the molecule is CC1CN(C(=O)C(C)C(C)C(=O)O)CC(C)(C)O1. The molecule has 0 bridgehead atoms. The summed E-state index contributed by atoms with van der Waals surface area (Å²) in [6.45, 7) is 10.1. The fourth-order valence-electron chi connectivity index (χ4n) is 2.34. The highest BCUT2D eigenvalue weighted by Crippen LogP contribution is 2.24. The predicted molar refractivity (Wildman–Crippen MR) is 67.2 cm³/mol. The van der Waals surface area contributed by atoms with Crippen LogP contribution in [0.1, 0.15) is 34.6 Å². The molecule has 0 aromatic rings. The largest absolute Gasteiger partial charge is 0.481 e. The first-order chi connectivity index (χ1) is 8.14. The van der Waals surface area contributed by atoms with Crippen LogP contribution in [0.25, 0.3) is 0 Å². The van der Waals surface area contributed by atoms with Gasteiger partial charge in [0.2, 0.25) is 5.91 Å². The van der Waals surface area contributed by atoms with Crippen LogP contribution in [-0.4, -0.2) is 46.7 Å². The number of amides is 1. The number of rotatable bonds is 3. The van der Waals surface area contributed by atoms with E-state index in [1.165, 1.54) is 0 Å². The van der Waals surface area contributed by atoms with Crippen LogP contribution in [0.15, 0.2) is 0 Å². The highest BCUT2D eigenvalue weighted by molar-refractivity contribution is 5.84. The van der Waals surface area contributed by atoms with Gasteiger partial charge in [-0.1, -0.05) is 13.8 Å². The van der Waals surface area contributed by atoms with Crippen LogP contribution < -0.4 is 0 Å². The number of carbonyl (C=O) groups is 2. The van der Waals surface area contributed by atoms with E-state index in [0.29, 0.717) is 13.1 Å². The molecule has 1 aliphatic rings. The van der Waals surface area contributed by atoms with Gasteiger partial charge in [0.25, 0.3) is 0 Å².